The molecule has 2 heteroatoms. The van der Waals surface area contributed by atoms with Crippen molar-refractivity contribution in [1.82, 2.24) is 0 Å². The molecule has 0 saturated carbocycles. The van der Waals surface area contributed by atoms with Gasteiger partial charge in [0.05, 0.1) is 0 Å². The van der Waals surface area contributed by atoms with Crippen LogP contribution in [0.5, 0.6) is 0 Å². The zero-order chi connectivity index (χ0) is 14.8. The molecule has 0 radical (unpaired) electrons. The molecule has 0 fully saturated rings. The number of hydrogen-bond acceptors (Lipinski definition) is 2. The zero-order valence-electron chi connectivity index (χ0n) is 13.4. The normalized spacial score (nSPS) is 14.5. The van der Waals surface area contributed by atoms with E-state index in [0.717, 1.165) is 6.42 Å². The predicted octanol–water partition coefficient (Wildman–Crippen LogP) is 3.67. The zero-order valence-corrected chi connectivity index (χ0v) is 13.4. The van der Waals surface area contributed by atoms with E-state index in [2.05, 4.69) is 59.7 Å². The second kappa shape index (κ2) is 5.64. The molecule has 1 aromatic rings. The number of benzene rings is 1. The molecule has 0 saturated heterocycles. The fourth-order valence-corrected chi connectivity index (χ4v) is 2.30. The molecule has 0 aliphatic heterocycles. The molecular formula is C17H30N2. The van der Waals surface area contributed by atoms with Crippen molar-refractivity contribution in [2.45, 2.75) is 59.4 Å². The van der Waals surface area contributed by atoms with Gasteiger partial charge in [-0.25, -0.2) is 0 Å². The minimum Gasteiger partial charge on any atom is -0.330 e. The van der Waals surface area contributed by atoms with Crippen molar-refractivity contribution in [3.63, 3.8) is 0 Å². The van der Waals surface area contributed by atoms with Crippen LogP contribution >= 0.6 is 0 Å². The maximum Gasteiger partial charge on any atom is 0.0303 e. The van der Waals surface area contributed by atoms with E-state index in [-0.39, 0.29) is 16.9 Å². The van der Waals surface area contributed by atoms with Crippen molar-refractivity contribution in [2.75, 3.05) is 6.54 Å². The summed E-state index contributed by atoms with van der Waals surface area (Å²) in [7, 11) is 0. The molecule has 0 bridgehead atoms. The summed E-state index contributed by atoms with van der Waals surface area (Å²) in [5, 5.41) is 0. The van der Waals surface area contributed by atoms with E-state index in [1.165, 1.54) is 16.7 Å². The Morgan fingerprint density at radius 2 is 1.68 bits per heavy atom. The van der Waals surface area contributed by atoms with Crippen LogP contribution in [0.4, 0.5) is 0 Å². The van der Waals surface area contributed by atoms with Gasteiger partial charge >= 0.3 is 0 Å². The summed E-state index contributed by atoms with van der Waals surface area (Å²) >= 11 is 0. The molecule has 19 heavy (non-hydrogen) atoms. The predicted molar refractivity (Wildman–Crippen MR) is 84.3 cm³/mol. The first-order chi connectivity index (χ1) is 8.57. The molecule has 2 nitrogen and oxygen atoms in total. The van der Waals surface area contributed by atoms with Crippen molar-refractivity contribution in [3.8, 4) is 0 Å². The summed E-state index contributed by atoms with van der Waals surface area (Å²) in [6.45, 7) is 13.9. The average molecular weight is 262 g/mol. The first-order valence-corrected chi connectivity index (χ1v) is 7.13. The van der Waals surface area contributed by atoms with E-state index in [1.807, 2.05) is 0 Å². The molecule has 0 heterocycles. The second-order valence-electron chi connectivity index (χ2n) is 7.50. The highest BCUT2D eigenvalue weighted by Gasteiger charge is 2.23. The quantitative estimate of drug-likeness (QED) is 0.870. The van der Waals surface area contributed by atoms with Gasteiger partial charge in [-0.3, -0.25) is 0 Å². The lowest BCUT2D eigenvalue weighted by Gasteiger charge is -2.28. The highest BCUT2D eigenvalue weighted by atomic mass is 14.7. The maximum atomic E-state index is 6.41. The molecule has 4 N–H and O–H groups in total. The minimum absolute atomic E-state index is 0.0563. The van der Waals surface area contributed by atoms with Crippen LogP contribution in [-0.2, 0) is 5.41 Å². The Kier molecular flexibility index (Phi) is 4.81. The summed E-state index contributed by atoms with van der Waals surface area (Å²) in [4.78, 5) is 0. The third-order valence-electron chi connectivity index (χ3n) is 3.87. The molecular weight excluding hydrogens is 232 g/mol. The van der Waals surface area contributed by atoms with Crippen LogP contribution in [-0.4, -0.2) is 6.54 Å². The molecule has 0 aromatic heterocycles. The van der Waals surface area contributed by atoms with Crippen molar-refractivity contribution < 1.29 is 0 Å². The van der Waals surface area contributed by atoms with Crippen LogP contribution < -0.4 is 11.5 Å². The topological polar surface area (TPSA) is 52.0 Å². The van der Waals surface area contributed by atoms with Crippen molar-refractivity contribution in [1.29, 1.82) is 0 Å². The van der Waals surface area contributed by atoms with E-state index in [9.17, 15) is 0 Å². The molecule has 1 rings (SSSR count). The molecule has 108 valence electrons. The van der Waals surface area contributed by atoms with Crippen LogP contribution in [0.25, 0.3) is 0 Å². The molecule has 0 spiro atoms. The van der Waals surface area contributed by atoms with Crippen LogP contribution in [0.2, 0.25) is 0 Å². The van der Waals surface area contributed by atoms with Gasteiger partial charge in [0, 0.05) is 6.04 Å². The van der Waals surface area contributed by atoms with Crippen LogP contribution in [0.15, 0.2) is 18.2 Å². The largest absolute Gasteiger partial charge is 0.330 e. The summed E-state index contributed by atoms with van der Waals surface area (Å²) in [5.74, 6) is 0. The summed E-state index contributed by atoms with van der Waals surface area (Å²) < 4.78 is 0. The Labute approximate surface area is 118 Å². The smallest absolute Gasteiger partial charge is 0.0303 e. The lowest BCUT2D eigenvalue weighted by Crippen LogP contribution is -2.29. The van der Waals surface area contributed by atoms with Gasteiger partial charge in [0.25, 0.3) is 0 Å². The summed E-state index contributed by atoms with van der Waals surface area (Å²) in [5.41, 5.74) is 16.3. The van der Waals surface area contributed by atoms with Crippen LogP contribution in [0, 0.1) is 12.3 Å². The highest BCUT2D eigenvalue weighted by Crippen LogP contribution is 2.32. The molecule has 0 aliphatic rings. The van der Waals surface area contributed by atoms with Crippen molar-refractivity contribution in [2.24, 2.45) is 16.9 Å². The third kappa shape index (κ3) is 4.32. The minimum atomic E-state index is 0.0563. The van der Waals surface area contributed by atoms with E-state index in [1.54, 1.807) is 0 Å². The molecule has 1 unspecified atom stereocenters. The Bertz CT molecular complexity index is 427. The van der Waals surface area contributed by atoms with Gasteiger partial charge in [-0.05, 0) is 47.4 Å². The van der Waals surface area contributed by atoms with E-state index in [4.69, 9.17) is 11.5 Å². The van der Waals surface area contributed by atoms with Gasteiger partial charge in [0.1, 0.15) is 0 Å². The fraction of sp³-hybridized carbons (Fsp3) is 0.647. The third-order valence-corrected chi connectivity index (χ3v) is 3.87. The maximum absolute atomic E-state index is 6.41. The first kappa shape index (κ1) is 16.2. The number of rotatable bonds is 4. The number of nitrogens with two attached hydrogens (primary N) is 2. The van der Waals surface area contributed by atoms with E-state index in [0.29, 0.717) is 6.54 Å². The van der Waals surface area contributed by atoms with Crippen molar-refractivity contribution in [3.05, 3.63) is 34.9 Å². The number of hydrogen-bond donors (Lipinski definition) is 2. The Morgan fingerprint density at radius 1 is 1.11 bits per heavy atom. The van der Waals surface area contributed by atoms with Crippen molar-refractivity contribution >= 4 is 0 Å². The fourth-order valence-electron chi connectivity index (χ4n) is 2.30. The van der Waals surface area contributed by atoms with Gasteiger partial charge in [0.15, 0.2) is 0 Å². The molecule has 0 aliphatic carbocycles. The highest BCUT2D eigenvalue weighted by molar-refractivity contribution is 5.36. The van der Waals surface area contributed by atoms with E-state index < -0.39 is 0 Å². The first-order valence-electron chi connectivity index (χ1n) is 7.13. The second-order valence-corrected chi connectivity index (χ2v) is 7.50. The van der Waals surface area contributed by atoms with Gasteiger partial charge in [-0.15, -0.1) is 0 Å². The average Bonchev–Trinajstić information content (AvgIpc) is 2.27. The lowest BCUT2D eigenvalue weighted by atomic mass is 9.80. The Balaban J connectivity index is 3.06. The molecule has 1 atom stereocenters. The van der Waals surface area contributed by atoms with Gasteiger partial charge < -0.3 is 11.5 Å². The summed E-state index contributed by atoms with van der Waals surface area (Å²) in [6.07, 6.45) is 0.915. The molecule has 0 amide bonds. The summed E-state index contributed by atoms with van der Waals surface area (Å²) in [6, 6.07) is 6.72. The number of aryl methyl sites for hydroxylation is 1. The Hall–Kier alpha value is -0.860. The van der Waals surface area contributed by atoms with Gasteiger partial charge in [-0.1, -0.05) is 52.8 Å². The SMILES string of the molecule is Cc1ccc(C(C)(C)C)cc1C(N)CC(C)(C)CN. The van der Waals surface area contributed by atoms with Crippen LogP contribution in [0.3, 0.4) is 0 Å². The monoisotopic (exact) mass is 262 g/mol. The lowest BCUT2D eigenvalue weighted by molar-refractivity contribution is 0.317. The van der Waals surface area contributed by atoms with Gasteiger partial charge in [-0.2, -0.15) is 0 Å². The molecule has 1 aromatic carbocycles. The Morgan fingerprint density at radius 3 is 2.16 bits per heavy atom. The van der Waals surface area contributed by atoms with Gasteiger partial charge in [0.2, 0.25) is 0 Å². The van der Waals surface area contributed by atoms with E-state index >= 15 is 0 Å². The standard InChI is InChI=1S/C17H30N2/c1-12-7-8-13(16(2,3)4)9-14(12)15(19)10-17(5,6)11-18/h7-9,15H,10-11,18-19H2,1-6H3. The van der Waals surface area contributed by atoms with Crippen LogP contribution in [0.1, 0.15) is 63.8 Å².